The molecule has 0 amide bonds. The van der Waals surface area contributed by atoms with Crippen LogP contribution in [-0.4, -0.2) is 24.4 Å². The van der Waals surface area contributed by atoms with Crippen molar-refractivity contribution in [3.8, 4) is 5.75 Å². The van der Waals surface area contributed by atoms with Crippen LogP contribution in [0.4, 0.5) is 0 Å². The predicted molar refractivity (Wildman–Crippen MR) is 77.4 cm³/mol. The normalized spacial score (nSPS) is 19.1. The number of benzene rings is 1. The van der Waals surface area contributed by atoms with Crippen molar-refractivity contribution in [3.63, 3.8) is 0 Å². The lowest BCUT2D eigenvalue weighted by atomic mass is 10.1. The van der Waals surface area contributed by atoms with Gasteiger partial charge >= 0.3 is 0 Å². The number of rotatable bonds is 7. The summed E-state index contributed by atoms with van der Waals surface area (Å²) in [5.41, 5.74) is 1.58. The third kappa shape index (κ3) is 4.21. The van der Waals surface area contributed by atoms with Crippen LogP contribution in [0.25, 0.3) is 0 Å². The Bertz CT molecular complexity index is 348. The van der Waals surface area contributed by atoms with Crippen molar-refractivity contribution in [2.75, 3.05) is 19.0 Å². The maximum absolute atomic E-state index is 5.88. The highest BCUT2D eigenvalue weighted by Gasteiger charge is 2.18. The van der Waals surface area contributed by atoms with Gasteiger partial charge in [0.05, 0.1) is 13.2 Å². The number of unbranched alkanes of at least 4 members (excludes halogenated alkanes) is 2. The van der Waals surface area contributed by atoms with Crippen molar-refractivity contribution in [1.29, 1.82) is 0 Å². The summed E-state index contributed by atoms with van der Waals surface area (Å²) in [6.07, 6.45) is 4.56. The van der Waals surface area contributed by atoms with E-state index >= 15 is 0 Å². The third-order valence-electron chi connectivity index (χ3n) is 3.06. The molecule has 0 bridgehead atoms. The molecule has 100 valence electrons. The summed E-state index contributed by atoms with van der Waals surface area (Å²) in [6.45, 7) is 3.92. The zero-order valence-electron chi connectivity index (χ0n) is 11.1. The van der Waals surface area contributed by atoms with Crippen LogP contribution in [0.2, 0.25) is 0 Å². The molecular weight excluding hydrogens is 244 g/mol. The summed E-state index contributed by atoms with van der Waals surface area (Å²) in [5, 5.41) is 0. The minimum atomic E-state index is 0.311. The quantitative estimate of drug-likeness (QED) is 0.698. The molecule has 2 rings (SSSR count). The topological polar surface area (TPSA) is 18.5 Å². The van der Waals surface area contributed by atoms with E-state index in [9.17, 15) is 0 Å². The van der Waals surface area contributed by atoms with Crippen molar-refractivity contribution in [1.82, 2.24) is 0 Å². The van der Waals surface area contributed by atoms with E-state index in [1.165, 1.54) is 18.4 Å². The SMILES string of the molecule is CCCCCOc1ccccc1CC1OCCS1. The number of para-hydroxylation sites is 1. The third-order valence-corrected chi connectivity index (χ3v) is 4.13. The van der Waals surface area contributed by atoms with Gasteiger partial charge in [0, 0.05) is 12.2 Å². The average Bonchev–Trinajstić information content (AvgIpc) is 2.89. The first-order valence-electron chi connectivity index (χ1n) is 6.84. The van der Waals surface area contributed by atoms with Crippen LogP contribution in [0.1, 0.15) is 31.7 Å². The van der Waals surface area contributed by atoms with Crippen molar-refractivity contribution in [2.45, 2.75) is 38.0 Å². The Labute approximate surface area is 114 Å². The first-order valence-corrected chi connectivity index (χ1v) is 7.89. The highest BCUT2D eigenvalue weighted by molar-refractivity contribution is 7.99. The van der Waals surface area contributed by atoms with Crippen molar-refractivity contribution < 1.29 is 9.47 Å². The molecule has 0 spiro atoms. The minimum Gasteiger partial charge on any atom is -0.493 e. The van der Waals surface area contributed by atoms with Crippen LogP contribution in [0.5, 0.6) is 5.75 Å². The molecule has 3 heteroatoms. The van der Waals surface area contributed by atoms with Gasteiger partial charge in [-0.2, -0.15) is 0 Å². The van der Waals surface area contributed by atoms with Crippen molar-refractivity contribution in [2.24, 2.45) is 0 Å². The van der Waals surface area contributed by atoms with Gasteiger partial charge in [0.15, 0.2) is 0 Å². The number of hydrogen-bond donors (Lipinski definition) is 0. The van der Waals surface area contributed by atoms with Gasteiger partial charge in [0.1, 0.15) is 11.2 Å². The van der Waals surface area contributed by atoms with E-state index in [1.54, 1.807) is 0 Å². The van der Waals surface area contributed by atoms with E-state index < -0.39 is 0 Å². The van der Waals surface area contributed by atoms with Crippen LogP contribution >= 0.6 is 11.8 Å². The van der Waals surface area contributed by atoms with Crippen LogP contribution in [0.3, 0.4) is 0 Å². The van der Waals surface area contributed by atoms with Crippen LogP contribution in [-0.2, 0) is 11.2 Å². The zero-order chi connectivity index (χ0) is 12.6. The van der Waals surface area contributed by atoms with E-state index in [0.717, 1.165) is 37.6 Å². The smallest absolute Gasteiger partial charge is 0.122 e. The lowest BCUT2D eigenvalue weighted by Gasteiger charge is -2.14. The Morgan fingerprint density at radius 2 is 2.22 bits per heavy atom. The second-order valence-corrected chi connectivity index (χ2v) is 5.81. The second-order valence-electron chi connectivity index (χ2n) is 4.54. The molecule has 1 aliphatic heterocycles. The molecule has 1 atom stereocenters. The van der Waals surface area contributed by atoms with Gasteiger partial charge in [-0.25, -0.2) is 0 Å². The fourth-order valence-corrected chi connectivity index (χ4v) is 3.00. The second kappa shape index (κ2) is 7.70. The molecule has 0 aliphatic carbocycles. The first-order chi connectivity index (χ1) is 8.90. The summed E-state index contributed by atoms with van der Waals surface area (Å²) in [5.74, 6) is 2.15. The van der Waals surface area contributed by atoms with Gasteiger partial charge < -0.3 is 9.47 Å². The summed E-state index contributed by atoms with van der Waals surface area (Å²) >= 11 is 1.90. The van der Waals surface area contributed by atoms with E-state index in [0.29, 0.717) is 5.44 Å². The summed E-state index contributed by atoms with van der Waals surface area (Å²) in [7, 11) is 0. The van der Waals surface area contributed by atoms with Gasteiger partial charge in [-0.05, 0) is 18.1 Å². The molecule has 1 fully saturated rings. The summed E-state index contributed by atoms with van der Waals surface area (Å²) < 4.78 is 11.5. The highest BCUT2D eigenvalue weighted by Crippen LogP contribution is 2.27. The van der Waals surface area contributed by atoms with Crippen LogP contribution < -0.4 is 4.74 Å². The molecule has 18 heavy (non-hydrogen) atoms. The highest BCUT2D eigenvalue weighted by atomic mass is 32.2. The van der Waals surface area contributed by atoms with Crippen molar-refractivity contribution in [3.05, 3.63) is 29.8 Å². The lowest BCUT2D eigenvalue weighted by Crippen LogP contribution is -2.08. The molecule has 0 N–H and O–H groups in total. The fourth-order valence-electron chi connectivity index (χ4n) is 2.05. The average molecular weight is 266 g/mol. The van der Waals surface area contributed by atoms with Gasteiger partial charge in [0.25, 0.3) is 0 Å². The Morgan fingerprint density at radius 3 is 3.00 bits per heavy atom. The number of ether oxygens (including phenoxy) is 2. The van der Waals surface area contributed by atoms with Gasteiger partial charge in [-0.15, -0.1) is 11.8 Å². The Hall–Kier alpha value is -0.670. The predicted octanol–water partition coefficient (Wildman–Crippen LogP) is 3.89. The molecule has 1 saturated heterocycles. The molecule has 2 nitrogen and oxygen atoms in total. The largest absolute Gasteiger partial charge is 0.493 e. The van der Waals surface area contributed by atoms with Crippen molar-refractivity contribution >= 4 is 11.8 Å². The number of hydrogen-bond acceptors (Lipinski definition) is 3. The lowest BCUT2D eigenvalue weighted by molar-refractivity contribution is 0.143. The Balaban J connectivity index is 1.87. The van der Waals surface area contributed by atoms with Crippen LogP contribution in [0.15, 0.2) is 24.3 Å². The monoisotopic (exact) mass is 266 g/mol. The molecule has 1 aromatic rings. The molecule has 0 radical (unpaired) electrons. The molecule has 1 aliphatic rings. The maximum atomic E-state index is 5.88. The standard InChI is InChI=1S/C15H22O2S/c1-2-3-6-9-16-14-8-5-4-7-13(14)12-15-17-10-11-18-15/h4-5,7-8,15H,2-3,6,9-12H2,1H3. The van der Waals surface area contributed by atoms with Crippen LogP contribution in [0, 0.1) is 0 Å². The maximum Gasteiger partial charge on any atom is 0.122 e. The van der Waals surface area contributed by atoms with E-state index in [2.05, 4.69) is 25.1 Å². The molecule has 0 saturated carbocycles. The molecule has 1 aromatic carbocycles. The van der Waals surface area contributed by atoms with Gasteiger partial charge in [-0.1, -0.05) is 38.0 Å². The fraction of sp³-hybridized carbons (Fsp3) is 0.600. The first kappa shape index (κ1) is 13.8. The summed E-state index contributed by atoms with van der Waals surface area (Å²) in [6, 6.07) is 8.34. The van der Waals surface area contributed by atoms with E-state index in [1.807, 2.05) is 17.8 Å². The Kier molecular flexibility index (Phi) is 5.88. The van der Waals surface area contributed by atoms with Gasteiger partial charge in [0.2, 0.25) is 0 Å². The number of thioether (sulfide) groups is 1. The minimum absolute atomic E-state index is 0.311. The van der Waals surface area contributed by atoms with E-state index in [-0.39, 0.29) is 0 Å². The molecule has 1 unspecified atom stereocenters. The Morgan fingerprint density at radius 1 is 1.33 bits per heavy atom. The molecule has 0 aromatic heterocycles. The van der Waals surface area contributed by atoms with E-state index in [4.69, 9.17) is 9.47 Å². The zero-order valence-corrected chi connectivity index (χ0v) is 11.9. The molecular formula is C15H22O2S. The van der Waals surface area contributed by atoms with Gasteiger partial charge in [-0.3, -0.25) is 0 Å². The molecule has 1 heterocycles. The summed E-state index contributed by atoms with van der Waals surface area (Å²) in [4.78, 5) is 0.